The van der Waals surface area contributed by atoms with Crippen LogP contribution in [0, 0.1) is 0 Å². The molecule has 3 nitrogen and oxygen atoms in total. The van der Waals surface area contributed by atoms with Crippen LogP contribution in [0.15, 0.2) is 35.0 Å². The first-order chi connectivity index (χ1) is 7.65. The minimum atomic E-state index is 0.761. The molecule has 3 N–H and O–H groups in total. The number of hydrogen-bond donors (Lipinski definition) is 2. The van der Waals surface area contributed by atoms with Crippen LogP contribution in [0.1, 0.15) is 13.8 Å². The van der Waals surface area contributed by atoms with Crippen molar-refractivity contribution in [2.24, 2.45) is 0 Å². The molecular formula is C12H15N3S. The van der Waals surface area contributed by atoms with Crippen LogP contribution < -0.4 is 5.73 Å². The molecule has 0 radical (unpaired) electrons. The fraction of sp³-hybridized carbons (Fsp3) is 0.250. The highest BCUT2D eigenvalue weighted by Gasteiger charge is 2.02. The quantitative estimate of drug-likeness (QED) is 0.486. The van der Waals surface area contributed by atoms with Crippen LogP contribution in [0.4, 0.5) is 5.69 Å². The number of aromatic amines is 1. The number of thioether (sulfide) groups is 1. The van der Waals surface area contributed by atoms with Gasteiger partial charge >= 0.3 is 0 Å². The molecular weight excluding hydrogens is 218 g/mol. The second-order valence-electron chi connectivity index (χ2n) is 3.91. The van der Waals surface area contributed by atoms with Crippen molar-refractivity contribution in [2.75, 3.05) is 11.5 Å². The maximum absolute atomic E-state index is 5.71. The molecule has 1 heterocycles. The number of nitrogens with two attached hydrogens (primary N) is 1. The lowest BCUT2D eigenvalue weighted by Crippen LogP contribution is -1.82. The molecule has 2 aromatic rings. The van der Waals surface area contributed by atoms with E-state index < -0.39 is 0 Å². The van der Waals surface area contributed by atoms with Gasteiger partial charge in [0.1, 0.15) is 0 Å². The molecule has 0 fully saturated rings. The van der Waals surface area contributed by atoms with Gasteiger partial charge in [0, 0.05) is 11.4 Å². The number of nitrogens with one attached hydrogen (secondary N) is 1. The SMILES string of the molecule is CC(C)=CCSc1nc2ccc(N)cc2[nH]1. The molecule has 0 saturated carbocycles. The summed E-state index contributed by atoms with van der Waals surface area (Å²) < 4.78 is 0. The predicted octanol–water partition coefficient (Wildman–Crippen LogP) is 3.20. The van der Waals surface area contributed by atoms with Gasteiger partial charge in [-0.05, 0) is 32.0 Å². The van der Waals surface area contributed by atoms with Crippen LogP contribution in [-0.4, -0.2) is 15.7 Å². The monoisotopic (exact) mass is 233 g/mol. The number of aromatic nitrogens is 2. The summed E-state index contributed by atoms with van der Waals surface area (Å²) in [6.45, 7) is 4.19. The van der Waals surface area contributed by atoms with Gasteiger partial charge in [0.25, 0.3) is 0 Å². The van der Waals surface area contributed by atoms with Crippen LogP contribution in [0.25, 0.3) is 11.0 Å². The highest BCUT2D eigenvalue weighted by Crippen LogP contribution is 2.21. The summed E-state index contributed by atoms with van der Waals surface area (Å²) in [6.07, 6.45) is 2.19. The summed E-state index contributed by atoms with van der Waals surface area (Å²) in [5, 5.41) is 0.943. The van der Waals surface area contributed by atoms with E-state index in [0.717, 1.165) is 27.6 Å². The zero-order chi connectivity index (χ0) is 11.5. The smallest absolute Gasteiger partial charge is 0.166 e. The highest BCUT2D eigenvalue weighted by atomic mass is 32.2. The van der Waals surface area contributed by atoms with Gasteiger partial charge < -0.3 is 10.7 Å². The molecule has 2 rings (SSSR count). The van der Waals surface area contributed by atoms with Crippen LogP contribution >= 0.6 is 11.8 Å². The van der Waals surface area contributed by atoms with E-state index in [9.17, 15) is 0 Å². The van der Waals surface area contributed by atoms with Crippen molar-refractivity contribution in [3.63, 3.8) is 0 Å². The van der Waals surface area contributed by atoms with Crippen molar-refractivity contribution in [2.45, 2.75) is 19.0 Å². The van der Waals surface area contributed by atoms with Gasteiger partial charge in [-0.1, -0.05) is 23.4 Å². The van der Waals surface area contributed by atoms with E-state index in [2.05, 4.69) is 29.9 Å². The number of hydrogen-bond acceptors (Lipinski definition) is 3. The Morgan fingerprint density at radius 1 is 1.50 bits per heavy atom. The average molecular weight is 233 g/mol. The van der Waals surface area contributed by atoms with E-state index >= 15 is 0 Å². The number of nitrogen functional groups attached to an aromatic ring is 1. The zero-order valence-electron chi connectivity index (χ0n) is 9.45. The topological polar surface area (TPSA) is 54.7 Å². The Kier molecular flexibility index (Phi) is 3.19. The normalized spacial score (nSPS) is 10.6. The van der Waals surface area contributed by atoms with Gasteiger partial charge in [0.05, 0.1) is 11.0 Å². The lowest BCUT2D eigenvalue weighted by Gasteiger charge is -1.92. The summed E-state index contributed by atoms with van der Waals surface area (Å²) in [6, 6.07) is 5.72. The number of allylic oxidation sites excluding steroid dienone is 1. The van der Waals surface area contributed by atoms with Gasteiger partial charge in [0.2, 0.25) is 0 Å². The Labute approximate surface area is 99.1 Å². The van der Waals surface area contributed by atoms with Gasteiger partial charge in [0.15, 0.2) is 5.16 Å². The molecule has 16 heavy (non-hydrogen) atoms. The lowest BCUT2D eigenvalue weighted by atomic mass is 10.3. The molecule has 0 amide bonds. The molecule has 0 aliphatic heterocycles. The number of imidazole rings is 1. The third-order valence-corrected chi connectivity index (χ3v) is 3.00. The Hall–Kier alpha value is -1.42. The van der Waals surface area contributed by atoms with Crippen LogP contribution in [0.2, 0.25) is 0 Å². The zero-order valence-corrected chi connectivity index (χ0v) is 10.3. The molecule has 0 bridgehead atoms. The Morgan fingerprint density at radius 2 is 2.31 bits per heavy atom. The van der Waals surface area contributed by atoms with Crippen molar-refractivity contribution in [1.82, 2.24) is 9.97 Å². The molecule has 1 aromatic carbocycles. The molecule has 4 heteroatoms. The number of benzene rings is 1. The van der Waals surface area contributed by atoms with Crippen molar-refractivity contribution in [1.29, 1.82) is 0 Å². The first-order valence-corrected chi connectivity index (χ1v) is 6.15. The fourth-order valence-electron chi connectivity index (χ4n) is 1.36. The van der Waals surface area contributed by atoms with Crippen molar-refractivity contribution in [3.05, 3.63) is 29.8 Å². The Morgan fingerprint density at radius 3 is 3.06 bits per heavy atom. The van der Waals surface area contributed by atoms with E-state index in [-0.39, 0.29) is 0 Å². The van der Waals surface area contributed by atoms with Crippen molar-refractivity contribution < 1.29 is 0 Å². The molecule has 0 aliphatic rings. The summed E-state index contributed by atoms with van der Waals surface area (Å²) in [5.74, 6) is 0.942. The highest BCUT2D eigenvalue weighted by molar-refractivity contribution is 7.99. The maximum atomic E-state index is 5.71. The minimum Gasteiger partial charge on any atom is -0.399 e. The average Bonchev–Trinajstić information content (AvgIpc) is 2.58. The third-order valence-electron chi connectivity index (χ3n) is 2.20. The first-order valence-electron chi connectivity index (χ1n) is 5.16. The van der Waals surface area contributed by atoms with E-state index in [1.165, 1.54) is 5.57 Å². The molecule has 1 aromatic heterocycles. The number of fused-ring (bicyclic) bond motifs is 1. The largest absolute Gasteiger partial charge is 0.399 e. The van der Waals surface area contributed by atoms with Crippen LogP contribution in [0.3, 0.4) is 0 Å². The number of anilines is 1. The number of rotatable bonds is 3. The van der Waals surface area contributed by atoms with Gasteiger partial charge in [-0.2, -0.15) is 0 Å². The van der Waals surface area contributed by atoms with Crippen molar-refractivity contribution in [3.8, 4) is 0 Å². The van der Waals surface area contributed by atoms with Crippen LogP contribution in [0.5, 0.6) is 0 Å². The Bertz CT molecular complexity index is 524. The van der Waals surface area contributed by atoms with E-state index in [4.69, 9.17) is 5.73 Å². The molecule has 0 unspecified atom stereocenters. The second kappa shape index (κ2) is 4.61. The summed E-state index contributed by atoms with van der Waals surface area (Å²) in [7, 11) is 0. The summed E-state index contributed by atoms with van der Waals surface area (Å²) in [4.78, 5) is 7.73. The Balaban J connectivity index is 2.17. The third kappa shape index (κ3) is 2.58. The van der Waals surface area contributed by atoms with E-state index in [1.54, 1.807) is 11.8 Å². The number of nitrogens with zero attached hydrogens (tertiary/aromatic N) is 1. The molecule has 0 spiro atoms. The standard InChI is InChI=1S/C12H15N3S/c1-8(2)5-6-16-12-14-10-4-3-9(13)7-11(10)15-12/h3-5,7H,6,13H2,1-2H3,(H,14,15). The van der Waals surface area contributed by atoms with Gasteiger partial charge in [-0.3, -0.25) is 0 Å². The molecule has 0 saturated heterocycles. The maximum Gasteiger partial charge on any atom is 0.166 e. The van der Waals surface area contributed by atoms with Crippen LogP contribution in [-0.2, 0) is 0 Å². The molecule has 0 aliphatic carbocycles. The van der Waals surface area contributed by atoms with E-state index in [0.29, 0.717) is 0 Å². The minimum absolute atomic E-state index is 0.761. The molecule has 84 valence electrons. The number of H-pyrrole nitrogens is 1. The lowest BCUT2D eigenvalue weighted by molar-refractivity contribution is 1.08. The summed E-state index contributed by atoms with van der Waals surface area (Å²) in [5.41, 5.74) is 9.76. The fourth-order valence-corrected chi connectivity index (χ4v) is 2.28. The second-order valence-corrected chi connectivity index (χ2v) is 4.92. The van der Waals surface area contributed by atoms with Gasteiger partial charge in [-0.25, -0.2) is 4.98 Å². The van der Waals surface area contributed by atoms with Gasteiger partial charge in [-0.15, -0.1) is 0 Å². The summed E-state index contributed by atoms with van der Waals surface area (Å²) >= 11 is 1.70. The molecule has 0 atom stereocenters. The van der Waals surface area contributed by atoms with Crippen molar-refractivity contribution >= 4 is 28.5 Å². The first kappa shape index (κ1) is 11.1. The predicted molar refractivity (Wildman–Crippen MR) is 70.7 cm³/mol. The van der Waals surface area contributed by atoms with E-state index in [1.807, 2.05) is 18.2 Å².